The number of para-hydroxylation sites is 1. The highest BCUT2D eigenvalue weighted by atomic mass is 16.7. The summed E-state index contributed by atoms with van der Waals surface area (Å²) in [5.41, 5.74) is 4.23. The van der Waals surface area contributed by atoms with Crippen molar-refractivity contribution in [2.24, 2.45) is 4.99 Å². The minimum absolute atomic E-state index is 0.283. The topological polar surface area (TPSA) is 34.1 Å². The van der Waals surface area contributed by atoms with Gasteiger partial charge >= 0.3 is 0 Å². The van der Waals surface area contributed by atoms with E-state index in [-0.39, 0.29) is 6.79 Å². The van der Waals surface area contributed by atoms with E-state index in [1.54, 1.807) is 0 Å². The molecular weight excluding hydrogens is 336 g/mol. The Hall–Kier alpha value is -3.27. The van der Waals surface area contributed by atoms with E-state index in [4.69, 9.17) is 9.47 Å². The third-order valence-corrected chi connectivity index (χ3v) is 4.44. The average molecular weight is 358 g/mol. The molecule has 0 aliphatic carbocycles. The molecule has 0 bridgehead atoms. The molecule has 3 aromatic carbocycles. The van der Waals surface area contributed by atoms with Crippen LogP contribution in [-0.4, -0.2) is 19.0 Å². The van der Waals surface area contributed by atoms with Crippen molar-refractivity contribution in [1.29, 1.82) is 0 Å². The maximum Gasteiger partial charge on any atom is 0.231 e. The maximum atomic E-state index is 5.41. The SMILES string of the molecule is CC(C)N(c1ccccc1)c1ccc(N=Cc2ccc3c(c2)OCO3)cc1. The minimum atomic E-state index is 0.283. The molecular formula is C23H22N2O2. The smallest absolute Gasteiger partial charge is 0.231 e. The van der Waals surface area contributed by atoms with E-state index in [1.165, 1.54) is 5.69 Å². The van der Waals surface area contributed by atoms with Crippen molar-refractivity contribution in [3.63, 3.8) is 0 Å². The van der Waals surface area contributed by atoms with E-state index < -0.39 is 0 Å². The first kappa shape index (κ1) is 17.2. The molecule has 4 heteroatoms. The number of benzene rings is 3. The summed E-state index contributed by atoms with van der Waals surface area (Å²) in [6.45, 7) is 4.67. The molecule has 3 aromatic rings. The second-order valence-corrected chi connectivity index (χ2v) is 6.69. The summed E-state index contributed by atoms with van der Waals surface area (Å²) < 4.78 is 10.7. The Kier molecular flexibility index (Phi) is 4.79. The molecule has 1 aliphatic heterocycles. The first-order valence-corrected chi connectivity index (χ1v) is 9.09. The highest BCUT2D eigenvalue weighted by Gasteiger charge is 2.13. The van der Waals surface area contributed by atoms with Crippen LogP contribution in [0.15, 0.2) is 77.8 Å². The first-order chi connectivity index (χ1) is 13.2. The fourth-order valence-corrected chi connectivity index (χ4v) is 3.18. The molecule has 0 unspecified atom stereocenters. The number of hydrogen-bond acceptors (Lipinski definition) is 4. The zero-order valence-electron chi connectivity index (χ0n) is 15.5. The van der Waals surface area contributed by atoms with Crippen molar-refractivity contribution in [3.05, 3.63) is 78.4 Å². The summed E-state index contributed by atoms with van der Waals surface area (Å²) in [4.78, 5) is 6.89. The van der Waals surface area contributed by atoms with Gasteiger partial charge in [-0.2, -0.15) is 0 Å². The van der Waals surface area contributed by atoms with Crippen molar-refractivity contribution in [2.75, 3.05) is 11.7 Å². The molecule has 1 aliphatic rings. The number of nitrogens with zero attached hydrogens (tertiary/aromatic N) is 2. The molecule has 0 spiro atoms. The van der Waals surface area contributed by atoms with Gasteiger partial charge in [0.1, 0.15) is 0 Å². The fourth-order valence-electron chi connectivity index (χ4n) is 3.18. The Labute approximate surface area is 159 Å². The lowest BCUT2D eigenvalue weighted by Gasteiger charge is -2.29. The van der Waals surface area contributed by atoms with Gasteiger partial charge in [0.2, 0.25) is 6.79 Å². The predicted molar refractivity (Wildman–Crippen MR) is 110 cm³/mol. The molecule has 4 nitrogen and oxygen atoms in total. The quantitative estimate of drug-likeness (QED) is 0.548. The van der Waals surface area contributed by atoms with Crippen LogP contribution in [0.5, 0.6) is 11.5 Å². The standard InChI is InChI=1S/C23H22N2O2/c1-17(2)25(20-6-4-3-5-7-20)21-11-9-19(10-12-21)24-15-18-8-13-22-23(14-18)27-16-26-22/h3-15,17H,16H2,1-2H3. The number of aliphatic imine (C=N–C) groups is 1. The monoisotopic (exact) mass is 358 g/mol. The van der Waals surface area contributed by atoms with Gasteiger partial charge in [0.05, 0.1) is 5.69 Å². The van der Waals surface area contributed by atoms with E-state index >= 15 is 0 Å². The van der Waals surface area contributed by atoms with Crippen LogP contribution in [0.4, 0.5) is 17.1 Å². The van der Waals surface area contributed by atoms with Gasteiger partial charge in [-0.05, 0) is 74.0 Å². The Bertz CT molecular complexity index is 934. The molecule has 0 radical (unpaired) electrons. The number of hydrogen-bond donors (Lipinski definition) is 0. The highest BCUT2D eigenvalue weighted by molar-refractivity contribution is 5.83. The molecule has 0 N–H and O–H groups in total. The normalized spacial score (nSPS) is 12.7. The fraction of sp³-hybridized carbons (Fsp3) is 0.174. The maximum absolute atomic E-state index is 5.41. The molecule has 0 atom stereocenters. The second kappa shape index (κ2) is 7.54. The van der Waals surface area contributed by atoms with Gasteiger partial charge in [-0.1, -0.05) is 18.2 Å². The van der Waals surface area contributed by atoms with Crippen LogP contribution in [0.2, 0.25) is 0 Å². The molecule has 4 rings (SSSR count). The summed E-state index contributed by atoms with van der Waals surface area (Å²) in [5, 5.41) is 0. The molecule has 0 saturated heterocycles. The van der Waals surface area contributed by atoms with Crippen LogP contribution in [0.3, 0.4) is 0 Å². The van der Waals surface area contributed by atoms with Crippen LogP contribution in [-0.2, 0) is 0 Å². The van der Waals surface area contributed by atoms with Crippen molar-refractivity contribution >= 4 is 23.3 Å². The molecule has 0 fully saturated rings. The van der Waals surface area contributed by atoms with Gasteiger partial charge in [0.25, 0.3) is 0 Å². The summed E-state index contributed by atoms with van der Waals surface area (Å²) in [5.74, 6) is 1.55. The number of rotatable bonds is 5. The van der Waals surface area contributed by atoms with E-state index in [1.807, 2.05) is 42.6 Å². The molecule has 0 aromatic heterocycles. The lowest BCUT2D eigenvalue weighted by atomic mass is 10.2. The zero-order valence-corrected chi connectivity index (χ0v) is 15.5. The van der Waals surface area contributed by atoms with Crippen LogP contribution in [0.25, 0.3) is 0 Å². The van der Waals surface area contributed by atoms with Crippen molar-refractivity contribution in [1.82, 2.24) is 0 Å². The molecule has 1 heterocycles. The van der Waals surface area contributed by atoms with Gasteiger partial charge in [0, 0.05) is 23.6 Å². The van der Waals surface area contributed by atoms with Gasteiger partial charge in [-0.15, -0.1) is 0 Å². The van der Waals surface area contributed by atoms with Crippen molar-refractivity contribution in [3.8, 4) is 11.5 Å². The summed E-state index contributed by atoms with van der Waals surface area (Å²) in [7, 11) is 0. The largest absolute Gasteiger partial charge is 0.454 e. The van der Waals surface area contributed by atoms with Crippen LogP contribution in [0, 0.1) is 0 Å². The van der Waals surface area contributed by atoms with Crippen molar-refractivity contribution < 1.29 is 9.47 Å². The Morgan fingerprint density at radius 3 is 2.30 bits per heavy atom. The van der Waals surface area contributed by atoms with Crippen molar-refractivity contribution in [2.45, 2.75) is 19.9 Å². The van der Waals surface area contributed by atoms with E-state index in [0.717, 1.165) is 28.4 Å². The highest BCUT2D eigenvalue weighted by Crippen LogP contribution is 2.32. The molecule has 27 heavy (non-hydrogen) atoms. The van der Waals surface area contributed by atoms with Gasteiger partial charge < -0.3 is 14.4 Å². The van der Waals surface area contributed by atoms with Gasteiger partial charge in [0.15, 0.2) is 11.5 Å². The minimum Gasteiger partial charge on any atom is -0.454 e. The molecule has 0 saturated carbocycles. The third kappa shape index (κ3) is 3.80. The summed E-state index contributed by atoms with van der Waals surface area (Å²) in [6, 6.07) is 24.9. The zero-order chi connectivity index (χ0) is 18.6. The van der Waals surface area contributed by atoms with Gasteiger partial charge in [-0.3, -0.25) is 4.99 Å². The number of anilines is 2. The Balaban J connectivity index is 1.53. The Morgan fingerprint density at radius 1 is 0.852 bits per heavy atom. The number of fused-ring (bicyclic) bond motifs is 1. The van der Waals surface area contributed by atoms with Crippen LogP contribution < -0.4 is 14.4 Å². The van der Waals surface area contributed by atoms with E-state index in [2.05, 4.69) is 60.1 Å². The summed E-state index contributed by atoms with van der Waals surface area (Å²) in [6.07, 6.45) is 1.84. The first-order valence-electron chi connectivity index (χ1n) is 9.09. The van der Waals surface area contributed by atoms with Gasteiger partial charge in [-0.25, -0.2) is 0 Å². The number of ether oxygens (including phenoxy) is 2. The third-order valence-electron chi connectivity index (χ3n) is 4.44. The van der Waals surface area contributed by atoms with E-state index in [0.29, 0.717) is 6.04 Å². The lowest BCUT2D eigenvalue weighted by Crippen LogP contribution is -2.25. The summed E-state index contributed by atoms with van der Waals surface area (Å²) >= 11 is 0. The second-order valence-electron chi connectivity index (χ2n) is 6.69. The Morgan fingerprint density at radius 2 is 1.56 bits per heavy atom. The van der Waals surface area contributed by atoms with Crippen LogP contribution >= 0.6 is 0 Å². The predicted octanol–water partition coefficient (Wildman–Crippen LogP) is 5.71. The molecule has 136 valence electrons. The van der Waals surface area contributed by atoms with Crippen LogP contribution in [0.1, 0.15) is 19.4 Å². The molecule has 0 amide bonds. The average Bonchev–Trinajstić information content (AvgIpc) is 3.16. The van der Waals surface area contributed by atoms with E-state index in [9.17, 15) is 0 Å². The lowest BCUT2D eigenvalue weighted by molar-refractivity contribution is 0.174.